The molecule has 2 aromatic rings. The van der Waals surface area contributed by atoms with E-state index >= 15 is 0 Å². The zero-order valence-corrected chi connectivity index (χ0v) is 13.2. The summed E-state index contributed by atoms with van der Waals surface area (Å²) in [6.07, 6.45) is -5.38. The van der Waals surface area contributed by atoms with Gasteiger partial charge in [-0.05, 0) is 26.0 Å². The lowest BCUT2D eigenvalue weighted by atomic mass is 10.1. The summed E-state index contributed by atoms with van der Waals surface area (Å²) in [4.78, 5) is 23.3. The summed E-state index contributed by atoms with van der Waals surface area (Å²) >= 11 is 0. The van der Waals surface area contributed by atoms with Gasteiger partial charge in [-0.25, -0.2) is 4.79 Å². The number of aromatic nitrogens is 1. The van der Waals surface area contributed by atoms with Crippen molar-refractivity contribution in [2.24, 2.45) is 0 Å². The van der Waals surface area contributed by atoms with Crippen LogP contribution < -0.4 is 10.7 Å². The number of halogens is 3. The third-order valence-corrected chi connectivity index (χ3v) is 3.44. The number of carbonyl (C=O) groups is 1. The first kappa shape index (κ1) is 17.8. The van der Waals surface area contributed by atoms with E-state index in [9.17, 15) is 22.8 Å². The predicted molar refractivity (Wildman–Crippen MR) is 83.0 cm³/mol. The van der Waals surface area contributed by atoms with Gasteiger partial charge in [0, 0.05) is 24.5 Å². The van der Waals surface area contributed by atoms with E-state index in [1.807, 2.05) is 0 Å². The second kappa shape index (κ2) is 6.94. The molecule has 1 aromatic carbocycles. The Bertz CT molecular complexity index is 813. The van der Waals surface area contributed by atoms with E-state index in [0.29, 0.717) is 6.07 Å². The first-order chi connectivity index (χ1) is 11.2. The Kier molecular flexibility index (Phi) is 5.16. The maximum atomic E-state index is 13.3. The Labute approximate surface area is 136 Å². The predicted octanol–water partition coefficient (Wildman–Crippen LogP) is 3.07. The van der Waals surface area contributed by atoms with Crippen LogP contribution in [-0.2, 0) is 17.5 Å². The first-order valence-electron chi connectivity index (χ1n) is 7.36. The van der Waals surface area contributed by atoms with Crippen LogP contribution in [0.25, 0.3) is 10.9 Å². The Balaban J connectivity index is 2.46. The number of carbonyl (C=O) groups excluding carboxylic acids is 1. The summed E-state index contributed by atoms with van der Waals surface area (Å²) < 4.78 is 45.5. The Morgan fingerprint density at radius 2 is 2.00 bits per heavy atom. The quantitative estimate of drug-likeness (QED) is 0.929. The monoisotopic (exact) mass is 342 g/mol. The van der Waals surface area contributed by atoms with Gasteiger partial charge in [-0.2, -0.15) is 13.2 Å². The van der Waals surface area contributed by atoms with Crippen molar-refractivity contribution < 1.29 is 22.7 Å². The number of ether oxygens (including phenoxy) is 1. The maximum absolute atomic E-state index is 13.3. The van der Waals surface area contributed by atoms with Gasteiger partial charge in [0.25, 0.3) is 0 Å². The molecule has 0 aliphatic heterocycles. The number of alkyl halides is 3. The van der Waals surface area contributed by atoms with Gasteiger partial charge >= 0.3 is 12.3 Å². The van der Waals surface area contributed by atoms with Gasteiger partial charge in [-0.15, -0.1) is 0 Å². The fraction of sp³-hybridized carbons (Fsp3) is 0.375. The molecule has 0 atom stereocenters. The highest BCUT2D eigenvalue weighted by Crippen LogP contribution is 2.30. The molecule has 0 fully saturated rings. The number of hydrogen-bond acceptors (Lipinski definition) is 3. The number of alkyl carbamates (subject to hydrolysis) is 1. The molecular weight excluding hydrogens is 325 g/mol. The van der Waals surface area contributed by atoms with Crippen LogP contribution in [0.4, 0.5) is 18.0 Å². The highest BCUT2D eigenvalue weighted by Gasteiger charge is 2.35. The minimum Gasteiger partial charge on any atom is -0.450 e. The van der Waals surface area contributed by atoms with Gasteiger partial charge in [-0.1, -0.05) is 11.6 Å². The molecule has 0 radical (unpaired) electrons. The van der Waals surface area contributed by atoms with E-state index in [2.05, 4.69) is 10.1 Å². The number of nitrogens with one attached hydrogen (secondary N) is 1. The molecule has 1 aromatic heterocycles. The molecule has 0 unspecified atom stereocenters. The van der Waals surface area contributed by atoms with Gasteiger partial charge in [0.15, 0.2) is 5.43 Å². The largest absolute Gasteiger partial charge is 0.450 e. The summed E-state index contributed by atoms with van der Waals surface area (Å²) in [6.45, 7) is 3.34. The lowest BCUT2D eigenvalue weighted by Gasteiger charge is -2.19. The van der Waals surface area contributed by atoms with Crippen LogP contribution in [0.3, 0.4) is 0 Å². The van der Waals surface area contributed by atoms with Gasteiger partial charge in [-0.3, -0.25) is 4.79 Å². The molecule has 130 valence electrons. The molecule has 1 amide bonds. The van der Waals surface area contributed by atoms with E-state index in [4.69, 9.17) is 0 Å². The summed E-state index contributed by atoms with van der Waals surface area (Å²) in [7, 11) is 0. The van der Waals surface area contributed by atoms with Gasteiger partial charge in [0.2, 0.25) is 0 Å². The third-order valence-electron chi connectivity index (χ3n) is 3.44. The van der Waals surface area contributed by atoms with Crippen LogP contribution in [0.5, 0.6) is 0 Å². The van der Waals surface area contributed by atoms with Crippen LogP contribution in [0.2, 0.25) is 0 Å². The summed E-state index contributed by atoms with van der Waals surface area (Å²) in [5, 5.41) is 2.58. The van der Waals surface area contributed by atoms with E-state index in [0.717, 1.165) is 10.1 Å². The maximum Gasteiger partial charge on any atom is 0.431 e. The topological polar surface area (TPSA) is 60.3 Å². The number of aryl methyl sites for hydroxylation is 1. The molecule has 0 saturated heterocycles. The average Bonchev–Trinajstić information content (AvgIpc) is 2.48. The molecule has 2 rings (SSSR count). The lowest BCUT2D eigenvalue weighted by Crippen LogP contribution is -2.30. The minimum atomic E-state index is -4.68. The van der Waals surface area contributed by atoms with E-state index < -0.39 is 23.4 Å². The van der Waals surface area contributed by atoms with E-state index in [1.165, 1.54) is 6.07 Å². The van der Waals surface area contributed by atoms with Crippen LogP contribution in [0.15, 0.2) is 29.1 Å². The van der Waals surface area contributed by atoms with Crippen LogP contribution in [-0.4, -0.2) is 23.8 Å². The molecule has 0 saturated carbocycles. The number of nitrogens with zero attached hydrogens (tertiary/aromatic N) is 1. The number of benzene rings is 1. The Morgan fingerprint density at radius 3 is 2.62 bits per heavy atom. The van der Waals surface area contributed by atoms with E-state index in [-0.39, 0.29) is 30.6 Å². The molecular formula is C16H17F3N2O3. The molecule has 0 aliphatic rings. The highest BCUT2D eigenvalue weighted by molar-refractivity contribution is 5.80. The number of rotatable bonds is 4. The number of fused-ring (bicyclic) bond motifs is 1. The van der Waals surface area contributed by atoms with Crippen molar-refractivity contribution in [3.05, 3.63) is 45.7 Å². The van der Waals surface area contributed by atoms with Crippen molar-refractivity contribution in [3.63, 3.8) is 0 Å². The van der Waals surface area contributed by atoms with Crippen LogP contribution in [0.1, 0.15) is 18.2 Å². The molecule has 5 nitrogen and oxygen atoms in total. The van der Waals surface area contributed by atoms with Gasteiger partial charge in [0.05, 0.1) is 12.1 Å². The van der Waals surface area contributed by atoms with Crippen molar-refractivity contribution in [3.8, 4) is 0 Å². The molecule has 0 aliphatic carbocycles. The second-order valence-electron chi connectivity index (χ2n) is 5.21. The molecule has 0 bridgehead atoms. The van der Waals surface area contributed by atoms with Gasteiger partial charge in [0.1, 0.15) is 5.69 Å². The number of hydrogen-bond donors (Lipinski definition) is 1. The second-order valence-corrected chi connectivity index (χ2v) is 5.21. The third kappa shape index (κ3) is 3.87. The van der Waals surface area contributed by atoms with Crippen LogP contribution in [0, 0.1) is 6.92 Å². The molecule has 24 heavy (non-hydrogen) atoms. The first-order valence-corrected chi connectivity index (χ1v) is 7.36. The summed E-state index contributed by atoms with van der Waals surface area (Å²) in [5.74, 6) is 0. The molecule has 0 spiro atoms. The van der Waals surface area contributed by atoms with Crippen molar-refractivity contribution >= 4 is 17.0 Å². The molecule has 1 N–H and O–H groups in total. The van der Waals surface area contributed by atoms with Crippen molar-refractivity contribution in [1.29, 1.82) is 0 Å². The summed E-state index contributed by atoms with van der Waals surface area (Å²) in [6, 6.07) is 5.25. The fourth-order valence-electron chi connectivity index (χ4n) is 2.42. The fourth-order valence-corrected chi connectivity index (χ4v) is 2.42. The smallest absolute Gasteiger partial charge is 0.431 e. The lowest BCUT2D eigenvalue weighted by molar-refractivity contribution is -0.143. The SMILES string of the molecule is CCOC(=O)NCCn1c(C(F)(F)F)cc(=O)c2cc(C)ccc21. The zero-order valence-electron chi connectivity index (χ0n) is 13.2. The van der Waals surface area contributed by atoms with Crippen molar-refractivity contribution in [2.75, 3.05) is 13.2 Å². The van der Waals surface area contributed by atoms with Crippen molar-refractivity contribution in [1.82, 2.24) is 9.88 Å². The Morgan fingerprint density at radius 1 is 1.29 bits per heavy atom. The molecule has 8 heteroatoms. The normalized spacial score (nSPS) is 11.5. The number of pyridine rings is 1. The van der Waals surface area contributed by atoms with E-state index in [1.54, 1.807) is 26.0 Å². The zero-order chi connectivity index (χ0) is 17.9. The highest BCUT2D eigenvalue weighted by atomic mass is 19.4. The molecule has 1 heterocycles. The van der Waals surface area contributed by atoms with Gasteiger partial charge < -0.3 is 14.6 Å². The van der Waals surface area contributed by atoms with Crippen molar-refractivity contribution in [2.45, 2.75) is 26.6 Å². The average molecular weight is 342 g/mol. The standard InChI is InChI=1S/C16H17F3N2O3/c1-3-24-15(23)20-6-7-21-12-5-4-10(2)8-11(12)13(22)9-14(21)16(17,18)19/h4-5,8-9H,3,6-7H2,1-2H3,(H,20,23). The Hall–Kier alpha value is -2.51. The minimum absolute atomic E-state index is 0.0617. The summed E-state index contributed by atoms with van der Waals surface area (Å²) in [5.41, 5.74) is -0.785. The number of amides is 1. The van der Waals surface area contributed by atoms with Crippen LogP contribution >= 0.6 is 0 Å².